The number of hydrogen-bond acceptors (Lipinski definition) is 4. The average molecular weight is 268 g/mol. The summed E-state index contributed by atoms with van der Waals surface area (Å²) >= 11 is 1.21. The molecule has 0 aliphatic carbocycles. The molecule has 1 aliphatic rings. The van der Waals surface area contributed by atoms with Gasteiger partial charge in [-0.05, 0) is 17.9 Å². The van der Waals surface area contributed by atoms with Gasteiger partial charge in [-0.15, -0.1) is 11.3 Å². The fraction of sp³-hybridized carbons (Fsp3) is 0.364. The fourth-order valence-corrected chi connectivity index (χ4v) is 2.86. The van der Waals surface area contributed by atoms with Crippen molar-refractivity contribution in [1.29, 1.82) is 0 Å². The Hall–Kier alpha value is -1.89. The van der Waals surface area contributed by atoms with E-state index in [9.17, 15) is 14.4 Å². The van der Waals surface area contributed by atoms with Crippen LogP contribution in [0.25, 0.3) is 0 Å². The number of nitrogens with zero attached hydrogens (tertiary/aromatic N) is 1. The third-order valence-electron chi connectivity index (χ3n) is 2.70. The van der Waals surface area contributed by atoms with Crippen LogP contribution in [0.1, 0.15) is 23.7 Å². The van der Waals surface area contributed by atoms with Crippen molar-refractivity contribution < 1.29 is 19.5 Å². The van der Waals surface area contributed by atoms with E-state index in [4.69, 9.17) is 5.11 Å². The summed E-state index contributed by atoms with van der Waals surface area (Å²) in [6.45, 7) is 1.77. The fourth-order valence-electron chi connectivity index (χ4n) is 1.93. The van der Waals surface area contributed by atoms with Gasteiger partial charge in [0.05, 0.1) is 5.56 Å². The normalized spacial score (nSPS) is 19.1. The Morgan fingerprint density at radius 2 is 2.28 bits per heavy atom. The second-order valence-corrected chi connectivity index (χ2v) is 4.87. The molecule has 2 heterocycles. The number of rotatable bonds is 3. The summed E-state index contributed by atoms with van der Waals surface area (Å²) in [5, 5.41) is 13.6. The molecule has 6 nitrogen and oxygen atoms in total. The minimum absolute atomic E-state index is 0.122. The van der Waals surface area contributed by atoms with Crippen LogP contribution in [0.5, 0.6) is 0 Å². The van der Waals surface area contributed by atoms with Crippen LogP contribution in [0, 0.1) is 0 Å². The first-order chi connectivity index (χ1) is 8.50. The maximum absolute atomic E-state index is 12.0. The van der Waals surface area contributed by atoms with Crippen molar-refractivity contribution in [1.82, 2.24) is 5.32 Å². The van der Waals surface area contributed by atoms with Gasteiger partial charge in [0.15, 0.2) is 0 Å². The molecule has 1 aromatic heterocycles. The van der Waals surface area contributed by atoms with Crippen LogP contribution in [0.4, 0.5) is 5.00 Å². The lowest BCUT2D eigenvalue weighted by atomic mass is 10.2. The Labute approximate surface area is 107 Å². The van der Waals surface area contributed by atoms with Crippen molar-refractivity contribution in [3.05, 3.63) is 17.0 Å². The molecular formula is C11H12N2O4S. The van der Waals surface area contributed by atoms with Crippen molar-refractivity contribution >= 4 is 34.1 Å². The summed E-state index contributed by atoms with van der Waals surface area (Å²) in [5.74, 6) is -1.57. The summed E-state index contributed by atoms with van der Waals surface area (Å²) in [7, 11) is 0. The first-order valence-electron chi connectivity index (χ1n) is 5.40. The minimum atomic E-state index is -1.05. The second-order valence-electron chi connectivity index (χ2n) is 3.98. The third-order valence-corrected chi connectivity index (χ3v) is 3.64. The van der Waals surface area contributed by atoms with Crippen LogP contribution >= 0.6 is 11.3 Å². The molecule has 0 aromatic carbocycles. The zero-order valence-corrected chi connectivity index (χ0v) is 10.5. The van der Waals surface area contributed by atoms with Gasteiger partial charge in [0.1, 0.15) is 11.0 Å². The summed E-state index contributed by atoms with van der Waals surface area (Å²) in [4.78, 5) is 35.4. The standard InChI is InChI=1S/C11H12N2O4S/c1-6(14)12-8-2-4-13(9(8)15)10-7(11(16)17)3-5-18-10/h3,5,8H,2,4H2,1H3,(H,12,14)(H,16,17). The molecule has 0 saturated carbocycles. The van der Waals surface area contributed by atoms with Gasteiger partial charge in [-0.25, -0.2) is 4.79 Å². The average Bonchev–Trinajstić information content (AvgIpc) is 2.86. The molecule has 1 atom stereocenters. The van der Waals surface area contributed by atoms with E-state index in [1.807, 2.05) is 0 Å². The number of amides is 2. The van der Waals surface area contributed by atoms with Crippen LogP contribution in [-0.2, 0) is 9.59 Å². The molecule has 0 radical (unpaired) electrons. The number of carbonyl (C=O) groups is 3. The quantitative estimate of drug-likeness (QED) is 0.844. The van der Waals surface area contributed by atoms with E-state index in [2.05, 4.69) is 5.32 Å². The van der Waals surface area contributed by atoms with Crippen molar-refractivity contribution in [3.63, 3.8) is 0 Å². The van der Waals surface area contributed by atoms with Gasteiger partial charge in [0.2, 0.25) is 11.8 Å². The molecule has 2 rings (SSSR count). The molecule has 0 bridgehead atoms. The lowest BCUT2D eigenvalue weighted by Crippen LogP contribution is -2.40. The second kappa shape index (κ2) is 4.77. The highest BCUT2D eigenvalue weighted by molar-refractivity contribution is 7.14. The number of carbonyl (C=O) groups excluding carboxylic acids is 2. The lowest BCUT2D eigenvalue weighted by molar-refractivity contribution is -0.125. The highest BCUT2D eigenvalue weighted by Gasteiger charge is 2.35. The van der Waals surface area contributed by atoms with Crippen LogP contribution in [0.3, 0.4) is 0 Å². The van der Waals surface area contributed by atoms with Gasteiger partial charge in [0, 0.05) is 13.5 Å². The third kappa shape index (κ3) is 2.21. The van der Waals surface area contributed by atoms with Crippen LogP contribution in [-0.4, -0.2) is 35.5 Å². The van der Waals surface area contributed by atoms with Crippen molar-refractivity contribution in [3.8, 4) is 0 Å². The van der Waals surface area contributed by atoms with Gasteiger partial charge < -0.3 is 15.3 Å². The Balaban J connectivity index is 2.21. The Morgan fingerprint density at radius 1 is 1.56 bits per heavy atom. The largest absolute Gasteiger partial charge is 0.478 e. The number of nitrogens with one attached hydrogen (secondary N) is 1. The zero-order chi connectivity index (χ0) is 13.3. The molecule has 2 amide bonds. The molecule has 18 heavy (non-hydrogen) atoms. The monoisotopic (exact) mass is 268 g/mol. The van der Waals surface area contributed by atoms with Crippen LogP contribution in [0.15, 0.2) is 11.4 Å². The van der Waals surface area contributed by atoms with Gasteiger partial charge in [-0.2, -0.15) is 0 Å². The number of hydrogen-bond donors (Lipinski definition) is 2. The minimum Gasteiger partial charge on any atom is -0.478 e. The molecule has 1 unspecified atom stereocenters. The van der Waals surface area contributed by atoms with Gasteiger partial charge in [-0.1, -0.05) is 0 Å². The summed E-state index contributed by atoms with van der Waals surface area (Å²) in [5.41, 5.74) is 0.122. The predicted octanol–water partition coefficient (Wildman–Crippen LogP) is 0.688. The molecule has 0 spiro atoms. The van der Waals surface area contributed by atoms with E-state index in [-0.39, 0.29) is 17.4 Å². The van der Waals surface area contributed by atoms with E-state index in [1.54, 1.807) is 5.38 Å². The van der Waals surface area contributed by atoms with Gasteiger partial charge in [0.25, 0.3) is 0 Å². The topological polar surface area (TPSA) is 86.7 Å². The Morgan fingerprint density at radius 3 is 2.89 bits per heavy atom. The molecule has 1 fully saturated rings. The maximum Gasteiger partial charge on any atom is 0.338 e. The van der Waals surface area contributed by atoms with Gasteiger partial charge >= 0.3 is 5.97 Å². The molecular weight excluding hydrogens is 256 g/mol. The molecule has 1 saturated heterocycles. The zero-order valence-electron chi connectivity index (χ0n) is 9.67. The highest BCUT2D eigenvalue weighted by atomic mass is 32.1. The number of aromatic carboxylic acids is 1. The molecule has 96 valence electrons. The summed E-state index contributed by atoms with van der Waals surface area (Å²) in [6.07, 6.45) is 0.495. The molecule has 2 N–H and O–H groups in total. The molecule has 1 aliphatic heterocycles. The summed E-state index contributed by atoms with van der Waals surface area (Å²) < 4.78 is 0. The van der Waals surface area contributed by atoms with Crippen LogP contribution < -0.4 is 10.2 Å². The Kier molecular flexibility index (Phi) is 3.33. The smallest absolute Gasteiger partial charge is 0.338 e. The number of carboxylic acid groups (broad SMARTS) is 1. The van der Waals surface area contributed by atoms with Crippen molar-refractivity contribution in [2.75, 3.05) is 11.4 Å². The van der Waals surface area contributed by atoms with E-state index >= 15 is 0 Å². The first kappa shape index (κ1) is 12.6. The lowest BCUT2D eigenvalue weighted by Gasteiger charge is -2.15. The number of anilines is 1. The molecule has 1 aromatic rings. The van der Waals surface area contributed by atoms with E-state index < -0.39 is 12.0 Å². The van der Waals surface area contributed by atoms with Crippen LogP contribution in [0.2, 0.25) is 0 Å². The van der Waals surface area contributed by atoms with Crippen molar-refractivity contribution in [2.24, 2.45) is 0 Å². The highest BCUT2D eigenvalue weighted by Crippen LogP contribution is 2.31. The summed E-state index contributed by atoms with van der Waals surface area (Å²) in [6, 6.07) is 0.924. The van der Waals surface area contributed by atoms with E-state index in [0.717, 1.165) is 0 Å². The maximum atomic E-state index is 12.0. The Bertz CT molecular complexity index is 511. The SMILES string of the molecule is CC(=O)NC1CCN(c2sccc2C(=O)O)C1=O. The van der Waals surface area contributed by atoms with E-state index in [1.165, 1.54) is 29.2 Å². The first-order valence-corrected chi connectivity index (χ1v) is 6.28. The van der Waals surface area contributed by atoms with E-state index in [0.29, 0.717) is 18.0 Å². The van der Waals surface area contributed by atoms with Crippen molar-refractivity contribution in [2.45, 2.75) is 19.4 Å². The number of carboxylic acids is 1. The number of thiophene rings is 1. The van der Waals surface area contributed by atoms with Gasteiger partial charge in [-0.3, -0.25) is 9.59 Å². The predicted molar refractivity (Wildman–Crippen MR) is 65.9 cm³/mol. The molecule has 7 heteroatoms.